The molecule has 0 radical (unpaired) electrons. The van der Waals surface area contributed by atoms with Gasteiger partial charge >= 0.3 is 0 Å². The molecule has 5 heteroatoms. The lowest BCUT2D eigenvalue weighted by molar-refractivity contribution is 0.198. The molecule has 13 heavy (non-hydrogen) atoms. The van der Waals surface area contributed by atoms with Gasteiger partial charge in [-0.05, 0) is 12.1 Å². The number of rotatable bonds is 4. The van der Waals surface area contributed by atoms with Crippen LogP contribution >= 0.6 is 0 Å². The monoisotopic (exact) mass is 202 g/mol. The zero-order valence-electron chi connectivity index (χ0n) is 6.84. The summed E-state index contributed by atoms with van der Waals surface area (Å²) in [5.41, 5.74) is 0. The second-order valence-electron chi connectivity index (χ2n) is 2.27. The number of aliphatic hydroxyl groups is 1. The molecule has 0 spiro atoms. The average molecular weight is 202 g/mol. The molecule has 72 valence electrons. The van der Waals surface area contributed by atoms with Gasteiger partial charge in [-0.25, -0.2) is 4.21 Å². The Labute approximate surface area is 78.4 Å². The van der Waals surface area contributed by atoms with Crippen molar-refractivity contribution in [3.8, 4) is 5.75 Å². The molecule has 0 saturated carbocycles. The summed E-state index contributed by atoms with van der Waals surface area (Å²) in [6.07, 6.45) is 0. The maximum Gasteiger partial charge on any atom is 0.190 e. The van der Waals surface area contributed by atoms with E-state index in [1.807, 2.05) is 0 Å². The van der Waals surface area contributed by atoms with Gasteiger partial charge in [0.05, 0.1) is 6.61 Å². The van der Waals surface area contributed by atoms with E-state index in [2.05, 4.69) is 0 Å². The van der Waals surface area contributed by atoms with E-state index in [9.17, 15) is 4.21 Å². The molecular formula is C8H10O4S. The van der Waals surface area contributed by atoms with Crippen LogP contribution < -0.4 is 4.74 Å². The highest BCUT2D eigenvalue weighted by Crippen LogP contribution is 2.20. The normalized spacial score (nSPS) is 12.5. The highest BCUT2D eigenvalue weighted by molar-refractivity contribution is 7.79. The standard InChI is InChI=1S/C8H10O4S/c9-5-6-12-7-3-1-2-4-8(7)13(10)11/h1-4,9H,5-6H2,(H,10,11). The summed E-state index contributed by atoms with van der Waals surface area (Å²) >= 11 is -2.05. The van der Waals surface area contributed by atoms with Gasteiger partial charge < -0.3 is 14.4 Å². The summed E-state index contributed by atoms with van der Waals surface area (Å²) in [5, 5.41) is 8.49. The van der Waals surface area contributed by atoms with Gasteiger partial charge in [-0.2, -0.15) is 0 Å². The van der Waals surface area contributed by atoms with E-state index in [0.717, 1.165) is 0 Å². The van der Waals surface area contributed by atoms with Gasteiger partial charge in [-0.3, -0.25) is 0 Å². The lowest BCUT2D eigenvalue weighted by atomic mass is 10.3. The van der Waals surface area contributed by atoms with Gasteiger partial charge in [0.15, 0.2) is 11.1 Å². The fourth-order valence-electron chi connectivity index (χ4n) is 0.869. The Morgan fingerprint density at radius 1 is 1.38 bits per heavy atom. The molecule has 0 heterocycles. The largest absolute Gasteiger partial charge is 0.490 e. The van der Waals surface area contributed by atoms with Gasteiger partial charge in [0, 0.05) is 0 Å². The molecule has 0 aliphatic rings. The Hall–Kier alpha value is -0.910. The third-order valence-corrected chi connectivity index (χ3v) is 2.10. The minimum absolute atomic E-state index is 0.119. The summed E-state index contributed by atoms with van der Waals surface area (Å²) in [6.45, 7) is 0.000606. The van der Waals surface area contributed by atoms with Crippen molar-refractivity contribution in [2.45, 2.75) is 4.90 Å². The lowest BCUT2D eigenvalue weighted by Gasteiger charge is -2.06. The first-order valence-electron chi connectivity index (χ1n) is 3.69. The van der Waals surface area contributed by atoms with Gasteiger partial charge in [-0.1, -0.05) is 12.1 Å². The number of aliphatic hydroxyl groups excluding tert-OH is 1. The van der Waals surface area contributed by atoms with E-state index in [4.69, 9.17) is 14.4 Å². The molecule has 0 bridgehead atoms. The maximum atomic E-state index is 10.8. The molecule has 1 aromatic rings. The predicted octanol–water partition coefficient (Wildman–Crippen LogP) is 0.638. The Bertz CT molecular complexity index is 300. The van der Waals surface area contributed by atoms with Crippen LogP contribution in [0.2, 0.25) is 0 Å². The topological polar surface area (TPSA) is 66.8 Å². The van der Waals surface area contributed by atoms with E-state index in [1.165, 1.54) is 6.07 Å². The number of ether oxygens (including phenoxy) is 1. The van der Waals surface area contributed by atoms with E-state index in [-0.39, 0.29) is 18.1 Å². The summed E-state index contributed by atoms with van der Waals surface area (Å²) in [7, 11) is 0. The van der Waals surface area contributed by atoms with Crippen molar-refractivity contribution < 1.29 is 18.6 Å². The van der Waals surface area contributed by atoms with Crippen LogP contribution in [0.4, 0.5) is 0 Å². The molecule has 0 fully saturated rings. The smallest absolute Gasteiger partial charge is 0.190 e. The van der Waals surface area contributed by atoms with Crippen LogP contribution in [0, 0.1) is 0 Å². The molecule has 1 aromatic carbocycles. The van der Waals surface area contributed by atoms with Crippen molar-refractivity contribution in [2.24, 2.45) is 0 Å². The van der Waals surface area contributed by atoms with Crippen LogP contribution in [0.15, 0.2) is 29.2 Å². The third kappa shape index (κ3) is 2.80. The Kier molecular flexibility index (Phi) is 3.88. The van der Waals surface area contributed by atoms with Crippen LogP contribution in [0.3, 0.4) is 0 Å². The summed E-state index contributed by atoms with van der Waals surface area (Å²) in [4.78, 5) is 0.218. The van der Waals surface area contributed by atoms with E-state index in [1.54, 1.807) is 18.2 Å². The summed E-state index contributed by atoms with van der Waals surface area (Å²) < 4.78 is 24.6. The average Bonchev–Trinajstić information content (AvgIpc) is 2.15. The number of benzene rings is 1. The summed E-state index contributed by atoms with van der Waals surface area (Å²) in [6, 6.07) is 6.43. The van der Waals surface area contributed by atoms with E-state index >= 15 is 0 Å². The van der Waals surface area contributed by atoms with Crippen molar-refractivity contribution >= 4 is 11.1 Å². The first kappa shape index (κ1) is 10.2. The second-order valence-corrected chi connectivity index (χ2v) is 3.21. The van der Waals surface area contributed by atoms with Gasteiger partial charge in [0.25, 0.3) is 0 Å². The van der Waals surface area contributed by atoms with Crippen molar-refractivity contribution in [3.05, 3.63) is 24.3 Å². The SMILES string of the molecule is O=S(O)c1ccccc1OCCO. The predicted molar refractivity (Wildman–Crippen MR) is 48.1 cm³/mol. The van der Waals surface area contributed by atoms with Crippen LogP contribution in [-0.4, -0.2) is 27.1 Å². The highest BCUT2D eigenvalue weighted by Gasteiger charge is 2.06. The zero-order chi connectivity index (χ0) is 9.68. The maximum absolute atomic E-state index is 10.8. The number of hydrogen-bond acceptors (Lipinski definition) is 3. The molecular weight excluding hydrogens is 192 g/mol. The Morgan fingerprint density at radius 2 is 2.08 bits per heavy atom. The Morgan fingerprint density at radius 3 is 2.69 bits per heavy atom. The van der Waals surface area contributed by atoms with Crippen LogP contribution in [0.1, 0.15) is 0 Å². The quantitative estimate of drug-likeness (QED) is 0.703. The van der Waals surface area contributed by atoms with Crippen molar-refractivity contribution in [2.75, 3.05) is 13.2 Å². The minimum atomic E-state index is -2.05. The Balaban J connectivity index is 2.84. The molecule has 1 rings (SSSR count). The second kappa shape index (κ2) is 4.96. The van der Waals surface area contributed by atoms with Gasteiger partial charge in [-0.15, -0.1) is 0 Å². The van der Waals surface area contributed by atoms with Crippen LogP contribution in [0.25, 0.3) is 0 Å². The van der Waals surface area contributed by atoms with Crippen LogP contribution in [0.5, 0.6) is 5.75 Å². The molecule has 0 aromatic heterocycles. The van der Waals surface area contributed by atoms with E-state index in [0.29, 0.717) is 5.75 Å². The molecule has 2 N–H and O–H groups in total. The zero-order valence-corrected chi connectivity index (χ0v) is 7.66. The molecule has 0 aliphatic carbocycles. The van der Waals surface area contributed by atoms with Gasteiger partial charge in [0.2, 0.25) is 0 Å². The fraction of sp³-hybridized carbons (Fsp3) is 0.250. The fourth-order valence-corrected chi connectivity index (χ4v) is 1.36. The molecule has 0 saturated heterocycles. The third-order valence-electron chi connectivity index (χ3n) is 1.39. The highest BCUT2D eigenvalue weighted by atomic mass is 32.2. The molecule has 1 unspecified atom stereocenters. The first-order chi connectivity index (χ1) is 6.25. The van der Waals surface area contributed by atoms with Crippen molar-refractivity contribution in [1.82, 2.24) is 0 Å². The molecule has 1 atom stereocenters. The first-order valence-corrected chi connectivity index (χ1v) is 4.80. The minimum Gasteiger partial charge on any atom is -0.490 e. The van der Waals surface area contributed by atoms with E-state index < -0.39 is 11.1 Å². The number of hydrogen-bond donors (Lipinski definition) is 2. The summed E-state index contributed by atoms with van der Waals surface area (Å²) in [5.74, 6) is 0.331. The van der Waals surface area contributed by atoms with Crippen molar-refractivity contribution in [1.29, 1.82) is 0 Å². The molecule has 0 aliphatic heterocycles. The van der Waals surface area contributed by atoms with Crippen LogP contribution in [-0.2, 0) is 11.1 Å². The molecule has 0 amide bonds. The van der Waals surface area contributed by atoms with Gasteiger partial charge in [0.1, 0.15) is 17.3 Å². The van der Waals surface area contributed by atoms with Crippen molar-refractivity contribution in [3.63, 3.8) is 0 Å². The number of para-hydroxylation sites is 1. The lowest BCUT2D eigenvalue weighted by Crippen LogP contribution is -2.04. The molecule has 4 nitrogen and oxygen atoms in total.